The van der Waals surface area contributed by atoms with Gasteiger partial charge in [0.2, 0.25) is 0 Å². The molecule has 0 bridgehead atoms. The molecule has 2 N–H and O–H groups in total. The summed E-state index contributed by atoms with van der Waals surface area (Å²) in [5.41, 5.74) is 6.38. The van der Waals surface area contributed by atoms with Gasteiger partial charge in [0.25, 0.3) is 11.8 Å². The maximum Gasteiger partial charge on any atom is 0.257 e. The van der Waals surface area contributed by atoms with E-state index in [1.807, 2.05) is 64.1 Å². The summed E-state index contributed by atoms with van der Waals surface area (Å²) < 4.78 is 0. The van der Waals surface area contributed by atoms with E-state index in [2.05, 4.69) is 15.6 Å². The van der Waals surface area contributed by atoms with Crippen molar-refractivity contribution in [3.8, 4) is 0 Å². The smallest absolute Gasteiger partial charge is 0.257 e. The molecular weight excluding hydrogens is 362 g/mol. The van der Waals surface area contributed by atoms with Crippen LogP contribution in [0.4, 0.5) is 11.4 Å². The van der Waals surface area contributed by atoms with Crippen LogP contribution in [0.5, 0.6) is 0 Å². The molecule has 148 valence electrons. The van der Waals surface area contributed by atoms with Crippen LogP contribution >= 0.6 is 0 Å². The minimum absolute atomic E-state index is 0.289. The highest BCUT2D eigenvalue weighted by atomic mass is 16.2. The first-order valence-electron chi connectivity index (χ1n) is 9.62. The molecule has 1 aromatic heterocycles. The van der Waals surface area contributed by atoms with Crippen molar-refractivity contribution in [1.29, 1.82) is 0 Å². The van der Waals surface area contributed by atoms with Gasteiger partial charge in [-0.05, 0) is 56.0 Å². The molecule has 0 fully saturated rings. The van der Waals surface area contributed by atoms with Gasteiger partial charge in [0.15, 0.2) is 0 Å². The number of hydrogen-bond donors (Lipinski definition) is 2. The van der Waals surface area contributed by atoms with Crippen LogP contribution in [0.3, 0.4) is 0 Å². The summed E-state index contributed by atoms with van der Waals surface area (Å²) in [4.78, 5) is 29.5. The molecule has 0 unspecified atom stereocenters. The number of carbonyl (C=O) groups excluding carboxylic acids is 2. The molecule has 0 radical (unpaired) electrons. The molecule has 3 rings (SSSR count). The van der Waals surface area contributed by atoms with E-state index in [1.165, 1.54) is 12.4 Å². The average Bonchev–Trinajstić information content (AvgIpc) is 2.71. The van der Waals surface area contributed by atoms with E-state index in [1.54, 1.807) is 6.07 Å². The number of pyridine rings is 1. The van der Waals surface area contributed by atoms with Crippen molar-refractivity contribution in [2.75, 3.05) is 10.6 Å². The number of carbonyl (C=O) groups is 2. The SMILES string of the molecule is CCc1cccc(C)c1NC(=O)c1cncc(C(=O)Nc2ccc(C)cc2C)c1. The number of anilines is 2. The summed E-state index contributed by atoms with van der Waals surface area (Å²) in [6.45, 7) is 7.95. The number of aromatic nitrogens is 1. The van der Waals surface area contributed by atoms with Gasteiger partial charge >= 0.3 is 0 Å². The lowest BCUT2D eigenvalue weighted by Crippen LogP contribution is -2.17. The average molecular weight is 387 g/mol. The van der Waals surface area contributed by atoms with Crippen LogP contribution in [0, 0.1) is 20.8 Å². The van der Waals surface area contributed by atoms with Crippen LogP contribution in [-0.4, -0.2) is 16.8 Å². The van der Waals surface area contributed by atoms with Crippen molar-refractivity contribution < 1.29 is 9.59 Å². The zero-order chi connectivity index (χ0) is 21.0. The molecule has 3 aromatic rings. The van der Waals surface area contributed by atoms with Gasteiger partial charge in [-0.15, -0.1) is 0 Å². The second-order valence-corrected chi connectivity index (χ2v) is 7.15. The first kappa shape index (κ1) is 20.3. The normalized spacial score (nSPS) is 10.5. The van der Waals surface area contributed by atoms with E-state index in [9.17, 15) is 9.59 Å². The van der Waals surface area contributed by atoms with E-state index in [0.717, 1.165) is 40.0 Å². The highest BCUT2D eigenvalue weighted by Crippen LogP contribution is 2.22. The quantitative estimate of drug-likeness (QED) is 0.642. The topological polar surface area (TPSA) is 71.1 Å². The summed E-state index contributed by atoms with van der Waals surface area (Å²) in [5.74, 6) is -0.591. The molecule has 0 spiro atoms. The third-order valence-electron chi connectivity index (χ3n) is 4.87. The highest BCUT2D eigenvalue weighted by Gasteiger charge is 2.14. The van der Waals surface area contributed by atoms with Crippen molar-refractivity contribution in [2.45, 2.75) is 34.1 Å². The van der Waals surface area contributed by atoms with Gasteiger partial charge in [-0.1, -0.05) is 42.8 Å². The fourth-order valence-corrected chi connectivity index (χ4v) is 3.22. The van der Waals surface area contributed by atoms with E-state index < -0.39 is 0 Å². The maximum atomic E-state index is 12.8. The fourth-order valence-electron chi connectivity index (χ4n) is 3.22. The summed E-state index contributed by atoms with van der Waals surface area (Å²) in [6.07, 6.45) is 3.74. The number of nitrogens with one attached hydrogen (secondary N) is 2. The first-order valence-corrected chi connectivity index (χ1v) is 9.62. The van der Waals surface area contributed by atoms with Crippen molar-refractivity contribution in [2.24, 2.45) is 0 Å². The Labute approximate surface area is 171 Å². The number of nitrogens with zero attached hydrogens (tertiary/aromatic N) is 1. The minimum Gasteiger partial charge on any atom is -0.322 e. The minimum atomic E-state index is -0.302. The standard InChI is InChI=1S/C24H25N3O2/c1-5-18-8-6-7-16(3)22(18)27-24(29)20-12-19(13-25-14-20)23(28)26-21-10-9-15(2)11-17(21)4/h6-14H,5H2,1-4H3,(H,26,28)(H,27,29). The van der Waals surface area contributed by atoms with Gasteiger partial charge in [0.1, 0.15) is 0 Å². The summed E-state index contributed by atoms with van der Waals surface area (Å²) >= 11 is 0. The molecule has 5 nitrogen and oxygen atoms in total. The van der Waals surface area contributed by atoms with Crippen molar-refractivity contribution in [1.82, 2.24) is 4.98 Å². The Balaban J connectivity index is 1.80. The Morgan fingerprint density at radius 3 is 2.21 bits per heavy atom. The Bertz CT molecular complexity index is 1070. The summed E-state index contributed by atoms with van der Waals surface area (Å²) in [6, 6.07) is 13.3. The monoisotopic (exact) mass is 387 g/mol. The number of rotatable bonds is 5. The third kappa shape index (κ3) is 4.69. The molecule has 1 heterocycles. The summed E-state index contributed by atoms with van der Waals surface area (Å²) in [7, 11) is 0. The van der Waals surface area contributed by atoms with Gasteiger partial charge in [0, 0.05) is 23.8 Å². The zero-order valence-corrected chi connectivity index (χ0v) is 17.2. The van der Waals surface area contributed by atoms with E-state index in [-0.39, 0.29) is 11.8 Å². The molecule has 0 saturated carbocycles. The Hall–Kier alpha value is -3.47. The van der Waals surface area contributed by atoms with Crippen LogP contribution in [-0.2, 0) is 6.42 Å². The third-order valence-corrected chi connectivity index (χ3v) is 4.87. The lowest BCUT2D eigenvalue weighted by atomic mass is 10.1. The molecule has 0 aliphatic heterocycles. The van der Waals surface area contributed by atoms with E-state index in [4.69, 9.17) is 0 Å². The maximum absolute atomic E-state index is 12.8. The molecule has 0 aliphatic rings. The number of hydrogen-bond acceptors (Lipinski definition) is 3. The van der Waals surface area contributed by atoms with E-state index in [0.29, 0.717) is 11.1 Å². The molecule has 0 saturated heterocycles. The molecule has 5 heteroatoms. The predicted octanol–water partition coefficient (Wildman–Crippen LogP) is 5.07. The van der Waals surface area contributed by atoms with Crippen LogP contribution in [0.25, 0.3) is 0 Å². The number of benzene rings is 2. The first-order chi connectivity index (χ1) is 13.9. The molecule has 0 aliphatic carbocycles. The van der Waals surface area contributed by atoms with Gasteiger partial charge < -0.3 is 10.6 Å². The number of amides is 2. The molecule has 2 amide bonds. The van der Waals surface area contributed by atoms with Crippen molar-refractivity contribution in [3.63, 3.8) is 0 Å². The lowest BCUT2D eigenvalue weighted by Gasteiger charge is -2.13. The molecular formula is C24H25N3O2. The highest BCUT2D eigenvalue weighted by molar-refractivity contribution is 6.09. The second-order valence-electron chi connectivity index (χ2n) is 7.15. The van der Waals surface area contributed by atoms with Crippen LogP contribution in [0.2, 0.25) is 0 Å². The number of para-hydroxylation sites is 1. The molecule has 29 heavy (non-hydrogen) atoms. The second kappa shape index (κ2) is 8.69. The van der Waals surface area contributed by atoms with Crippen LogP contribution in [0.15, 0.2) is 54.9 Å². The lowest BCUT2D eigenvalue weighted by molar-refractivity contribution is 0.102. The van der Waals surface area contributed by atoms with Gasteiger partial charge in [-0.25, -0.2) is 0 Å². The van der Waals surface area contributed by atoms with Crippen molar-refractivity contribution in [3.05, 3.63) is 88.2 Å². The zero-order valence-electron chi connectivity index (χ0n) is 17.2. The molecule has 2 aromatic carbocycles. The predicted molar refractivity (Wildman–Crippen MR) is 117 cm³/mol. The number of aryl methyl sites for hydroxylation is 4. The Morgan fingerprint density at radius 1 is 0.862 bits per heavy atom. The van der Waals surface area contributed by atoms with Gasteiger partial charge in [-0.3, -0.25) is 14.6 Å². The van der Waals surface area contributed by atoms with Crippen LogP contribution in [0.1, 0.15) is 49.9 Å². The van der Waals surface area contributed by atoms with E-state index >= 15 is 0 Å². The molecule has 0 atom stereocenters. The fraction of sp³-hybridized carbons (Fsp3) is 0.208. The largest absolute Gasteiger partial charge is 0.322 e. The Kier molecular flexibility index (Phi) is 6.07. The van der Waals surface area contributed by atoms with Crippen molar-refractivity contribution >= 4 is 23.2 Å². The van der Waals surface area contributed by atoms with Gasteiger partial charge in [-0.2, -0.15) is 0 Å². The van der Waals surface area contributed by atoms with Crippen LogP contribution < -0.4 is 10.6 Å². The Morgan fingerprint density at radius 2 is 1.55 bits per heavy atom. The van der Waals surface area contributed by atoms with Gasteiger partial charge in [0.05, 0.1) is 11.1 Å². The summed E-state index contributed by atoms with van der Waals surface area (Å²) in [5, 5.41) is 5.85.